The van der Waals surface area contributed by atoms with E-state index >= 15 is 0 Å². The zero-order valence-corrected chi connectivity index (χ0v) is 10.7. The third kappa shape index (κ3) is 3.46. The highest BCUT2D eigenvalue weighted by molar-refractivity contribution is 4.85. The molecule has 0 aliphatic carbocycles. The summed E-state index contributed by atoms with van der Waals surface area (Å²) in [5, 5.41) is 0. The highest BCUT2D eigenvalue weighted by Gasteiger charge is 2.30. The molecule has 0 aromatic carbocycles. The largest absolute Gasteiger partial charge is 0.330 e. The lowest BCUT2D eigenvalue weighted by Gasteiger charge is -2.31. The maximum Gasteiger partial charge on any atom is 0.00961 e. The van der Waals surface area contributed by atoms with Crippen molar-refractivity contribution in [3.63, 3.8) is 0 Å². The second kappa shape index (κ2) is 6.49. The van der Waals surface area contributed by atoms with E-state index in [0.717, 1.165) is 18.6 Å². The first kappa shape index (κ1) is 13.0. The standard InChI is InChI=1S/C13H28N2/c1-4-6-12(9-14)10-15-11(3)7-8-13(15)5-2/h11-13H,4-10,14H2,1-3H3. The van der Waals surface area contributed by atoms with Crippen LogP contribution in [0.1, 0.15) is 52.9 Å². The Morgan fingerprint density at radius 1 is 1.33 bits per heavy atom. The Labute approximate surface area is 95.2 Å². The lowest BCUT2D eigenvalue weighted by atomic mass is 10.0. The average Bonchev–Trinajstić information content (AvgIpc) is 2.59. The quantitative estimate of drug-likeness (QED) is 0.733. The molecule has 0 aromatic rings. The molecule has 0 radical (unpaired) electrons. The first-order valence-corrected chi connectivity index (χ1v) is 6.68. The fraction of sp³-hybridized carbons (Fsp3) is 1.00. The topological polar surface area (TPSA) is 29.3 Å². The molecule has 0 spiro atoms. The van der Waals surface area contributed by atoms with Crippen LogP contribution in [-0.4, -0.2) is 30.1 Å². The molecule has 0 aromatic heterocycles. The number of rotatable bonds is 6. The highest BCUT2D eigenvalue weighted by atomic mass is 15.2. The van der Waals surface area contributed by atoms with Gasteiger partial charge < -0.3 is 5.73 Å². The van der Waals surface area contributed by atoms with Gasteiger partial charge in [-0.15, -0.1) is 0 Å². The van der Waals surface area contributed by atoms with Crippen molar-refractivity contribution in [3.05, 3.63) is 0 Å². The summed E-state index contributed by atoms with van der Waals surface area (Å²) in [4.78, 5) is 2.70. The van der Waals surface area contributed by atoms with Crippen molar-refractivity contribution in [3.8, 4) is 0 Å². The molecule has 0 bridgehead atoms. The zero-order valence-electron chi connectivity index (χ0n) is 10.7. The van der Waals surface area contributed by atoms with Gasteiger partial charge in [0.05, 0.1) is 0 Å². The Bertz CT molecular complexity index is 170. The van der Waals surface area contributed by atoms with Gasteiger partial charge in [0.2, 0.25) is 0 Å². The van der Waals surface area contributed by atoms with Crippen LogP contribution in [0.5, 0.6) is 0 Å². The number of likely N-dealkylation sites (tertiary alicyclic amines) is 1. The Balaban J connectivity index is 2.45. The van der Waals surface area contributed by atoms with E-state index in [0.29, 0.717) is 5.92 Å². The molecule has 0 saturated carbocycles. The third-order valence-electron chi connectivity index (χ3n) is 3.92. The van der Waals surface area contributed by atoms with Crippen molar-refractivity contribution >= 4 is 0 Å². The summed E-state index contributed by atoms with van der Waals surface area (Å²) in [6.07, 6.45) is 6.62. The fourth-order valence-corrected chi connectivity index (χ4v) is 2.88. The van der Waals surface area contributed by atoms with Crippen molar-refractivity contribution in [1.29, 1.82) is 0 Å². The van der Waals surface area contributed by atoms with Crippen molar-refractivity contribution in [2.24, 2.45) is 11.7 Å². The van der Waals surface area contributed by atoms with Crippen LogP contribution in [-0.2, 0) is 0 Å². The van der Waals surface area contributed by atoms with Crippen molar-refractivity contribution < 1.29 is 0 Å². The molecule has 90 valence electrons. The molecular weight excluding hydrogens is 184 g/mol. The molecule has 3 atom stereocenters. The predicted molar refractivity (Wildman–Crippen MR) is 66.9 cm³/mol. The summed E-state index contributed by atoms with van der Waals surface area (Å²) in [5.74, 6) is 0.713. The molecule has 15 heavy (non-hydrogen) atoms. The van der Waals surface area contributed by atoms with Gasteiger partial charge in [-0.1, -0.05) is 20.3 Å². The molecule has 2 nitrogen and oxygen atoms in total. The van der Waals surface area contributed by atoms with E-state index < -0.39 is 0 Å². The maximum absolute atomic E-state index is 5.84. The van der Waals surface area contributed by atoms with E-state index in [9.17, 15) is 0 Å². The second-order valence-corrected chi connectivity index (χ2v) is 5.08. The monoisotopic (exact) mass is 212 g/mol. The minimum absolute atomic E-state index is 0.713. The smallest absolute Gasteiger partial charge is 0.00961 e. The first-order chi connectivity index (χ1) is 7.22. The summed E-state index contributed by atoms with van der Waals surface area (Å²) in [6, 6.07) is 1.60. The van der Waals surface area contributed by atoms with Crippen LogP contribution >= 0.6 is 0 Å². The predicted octanol–water partition coefficient (Wildman–Crippen LogP) is 2.62. The van der Waals surface area contributed by atoms with Gasteiger partial charge in [0.25, 0.3) is 0 Å². The molecule has 3 unspecified atom stereocenters. The Kier molecular flexibility index (Phi) is 5.62. The molecule has 1 aliphatic heterocycles. The normalized spacial score (nSPS) is 29.6. The van der Waals surface area contributed by atoms with Gasteiger partial charge in [-0.05, 0) is 45.1 Å². The zero-order chi connectivity index (χ0) is 11.3. The van der Waals surface area contributed by atoms with Crippen molar-refractivity contribution in [2.75, 3.05) is 13.1 Å². The van der Waals surface area contributed by atoms with Gasteiger partial charge in [-0.3, -0.25) is 4.90 Å². The van der Waals surface area contributed by atoms with Crippen LogP contribution in [0, 0.1) is 5.92 Å². The lowest BCUT2D eigenvalue weighted by molar-refractivity contribution is 0.164. The minimum atomic E-state index is 0.713. The SMILES string of the molecule is CCCC(CN)CN1C(C)CCC1CC. The lowest BCUT2D eigenvalue weighted by Crippen LogP contribution is -2.39. The third-order valence-corrected chi connectivity index (χ3v) is 3.92. The molecule has 0 amide bonds. The number of hydrogen-bond donors (Lipinski definition) is 1. The van der Waals surface area contributed by atoms with E-state index in [1.807, 2.05) is 0 Å². The number of hydrogen-bond acceptors (Lipinski definition) is 2. The molecule has 1 saturated heterocycles. The maximum atomic E-state index is 5.84. The molecule has 1 heterocycles. The van der Waals surface area contributed by atoms with Gasteiger partial charge in [-0.2, -0.15) is 0 Å². The molecule has 2 N–H and O–H groups in total. The van der Waals surface area contributed by atoms with Crippen LogP contribution in [0.4, 0.5) is 0 Å². The van der Waals surface area contributed by atoms with Gasteiger partial charge in [0, 0.05) is 18.6 Å². The Hall–Kier alpha value is -0.0800. The van der Waals surface area contributed by atoms with Gasteiger partial charge in [0.15, 0.2) is 0 Å². The Morgan fingerprint density at radius 2 is 2.07 bits per heavy atom. The molecule has 1 fully saturated rings. The van der Waals surface area contributed by atoms with Gasteiger partial charge in [0.1, 0.15) is 0 Å². The van der Waals surface area contributed by atoms with Crippen molar-refractivity contribution in [2.45, 2.75) is 65.0 Å². The number of nitrogens with zero attached hydrogens (tertiary/aromatic N) is 1. The van der Waals surface area contributed by atoms with Crippen LogP contribution < -0.4 is 5.73 Å². The summed E-state index contributed by atoms with van der Waals surface area (Å²) in [7, 11) is 0. The average molecular weight is 212 g/mol. The summed E-state index contributed by atoms with van der Waals surface area (Å²) < 4.78 is 0. The van der Waals surface area contributed by atoms with Crippen molar-refractivity contribution in [1.82, 2.24) is 4.90 Å². The minimum Gasteiger partial charge on any atom is -0.330 e. The molecule has 2 heteroatoms. The van der Waals surface area contributed by atoms with E-state index in [-0.39, 0.29) is 0 Å². The van der Waals surface area contributed by atoms with Crippen LogP contribution in [0.2, 0.25) is 0 Å². The van der Waals surface area contributed by atoms with Crippen LogP contribution in [0.25, 0.3) is 0 Å². The van der Waals surface area contributed by atoms with E-state index in [1.165, 1.54) is 38.6 Å². The van der Waals surface area contributed by atoms with E-state index in [1.54, 1.807) is 0 Å². The molecular formula is C13H28N2. The summed E-state index contributed by atoms with van der Waals surface area (Å²) in [6.45, 7) is 9.02. The molecule has 1 rings (SSSR count). The van der Waals surface area contributed by atoms with Crippen LogP contribution in [0.3, 0.4) is 0 Å². The van der Waals surface area contributed by atoms with Gasteiger partial charge in [-0.25, -0.2) is 0 Å². The van der Waals surface area contributed by atoms with E-state index in [2.05, 4.69) is 25.7 Å². The van der Waals surface area contributed by atoms with E-state index in [4.69, 9.17) is 5.73 Å². The summed E-state index contributed by atoms with van der Waals surface area (Å²) in [5.41, 5.74) is 5.84. The fourth-order valence-electron chi connectivity index (χ4n) is 2.88. The summed E-state index contributed by atoms with van der Waals surface area (Å²) >= 11 is 0. The van der Waals surface area contributed by atoms with Gasteiger partial charge >= 0.3 is 0 Å². The first-order valence-electron chi connectivity index (χ1n) is 6.68. The number of nitrogens with two attached hydrogens (primary N) is 1. The molecule has 1 aliphatic rings. The Morgan fingerprint density at radius 3 is 2.60 bits per heavy atom. The highest BCUT2D eigenvalue weighted by Crippen LogP contribution is 2.27. The second-order valence-electron chi connectivity index (χ2n) is 5.08. The van der Waals surface area contributed by atoms with Crippen LogP contribution in [0.15, 0.2) is 0 Å².